The van der Waals surface area contributed by atoms with Crippen molar-refractivity contribution < 1.29 is 9.53 Å². The molecule has 1 aromatic carbocycles. The fraction of sp³-hybridized carbons (Fsp3) is 0.286. The first-order valence-corrected chi connectivity index (χ1v) is 6.18. The van der Waals surface area contributed by atoms with Gasteiger partial charge in [0.25, 0.3) is 5.91 Å². The highest BCUT2D eigenvalue weighted by Gasteiger charge is 2.06. The number of aryl methyl sites for hydroxylation is 2. The van der Waals surface area contributed by atoms with Crippen molar-refractivity contribution in [1.29, 1.82) is 0 Å². The van der Waals surface area contributed by atoms with Gasteiger partial charge in [0.05, 0.1) is 0 Å². The van der Waals surface area contributed by atoms with E-state index < -0.39 is 0 Å². The average Bonchev–Trinajstić information content (AvgIpc) is 2.82. The number of ether oxygens (including phenoxy) is 1. The Morgan fingerprint density at radius 1 is 1.37 bits per heavy atom. The molecule has 0 bridgehead atoms. The average molecular weight is 259 g/mol. The molecule has 0 saturated heterocycles. The van der Waals surface area contributed by atoms with Crippen molar-refractivity contribution in [2.45, 2.75) is 13.3 Å². The molecule has 0 radical (unpaired) electrons. The maximum absolute atomic E-state index is 11.7. The normalized spacial score (nSPS) is 10.2. The lowest BCUT2D eigenvalue weighted by Crippen LogP contribution is -2.21. The van der Waals surface area contributed by atoms with Gasteiger partial charge < -0.3 is 9.30 Å². The summed E-state index contributed by atoms with van der Waals surface area (Å²) in [6.45, 7) is 2.06. The fourth-order valence-corrected chi connectivity index (χ4v) is 1.62. The summed E-state index contributed by atoms with van der Waals surface area (Å²) in [5.41, 5.74) is 1.24. The second-order valence-corrected chi connectivity index (χ2v) is 4.20. The first-order valence-electron chi connectivity index (χ1n) is 6.18. The van der Waals surface area contributed by atoms with E-state index in [1.807, 2.05) is 31.3 Å². The van der Waals surface area contributed by atoms with Crippen molar-refractivity contribution >= 4 is 11.9 Å². The number of nitrogens with one attached hydrogen (secondary N) is 1. The number of rotatable bonds is 5. The van der Waals surface area contributed by atoms with Crippen LogP contribution in [0.3, 0.4) is 0 Å². The summed E-state index contributed by atoms with van der Waals surface area (Å²) in [4.78, 5) is 15.7. The third-order valence-electron chi connectivity index (χ3n) is 2.77. The Balaban J connectivity index is 1.84. The Labute approximate surface area is 112 Å². The van der Waals surface area contributed by atoms with Gasteiger partial charge in [-0.2, -0.15) is 0 Å². The van der Waals surface area contributed by atoms with Crippen LogP contribution in [-0.4, -0.2) is 22.1 Å². The second kappa shape index (κ2) is 6.04. The highest BCUT2D eigenvalue weighted by atomic mass is 16.5. The Hall–Kier alpha value is -2.30. The molecule has 1 heterocycles. The number of imidazole rings is 1. The molecular formula is C14H17N3O2. The van der Waals surface area contributed by atoms with E-state index in [0.29, 0.717) is 11.7 Å². The van der Waals surface area contributed by atoms with Crippen LogP contribution < -0.4 is 10.1 Å². The fourth-order valence-electron chi connectivity index (χ4n) is 1.62. The summed E-state index contributed by atoms with van der Waals surface area (Å²) in [6.07, 6.45) is 4.37. The number of amides is 1. The maximum Gasteiger partial charge on any atom is 0.264 e. The molecule has 5 heteroatoms. The van der Waals surface area contributed by atoms with Crippen molar-refractivity contribution in [1.82, 2.24) is 9.55 Å². The molecule has 1 aromatic heterocycles. The molecule has 19 heavy (non-hydrogen) atoms. The van der Waals surface area contributed by atoms with Crippen LogP contribution in [0.2, 0.25) is 0 Å². The lowest BCUT2D eigenvalue weighted by atomic mass is 10.2. The number of benzene rings is 1. The van der Waals surface area contributed by atoms with Gasteiger partial charge in [-0.05, 0) is 24.1 Å². The zero-order valence-corrected chi connectivity index (χ0v) is 11.1. The molecule has 1 N–H and O–H groups in total. The molecule has 0 fully saturated rings. The maximum atomic E-state index is 11.7. The molecule has 2 rings (SSSR count). The van der Waals surface area contributed by atoms with Crippen LogP contribution in [0, 0.1) is 0 Å². The van der Waals surface area contributed by atoms with E-state index in [1.54, 1.807) is 17.0 Å². The second-order valence-electron chi connectivity index (χ2n) is 4.20. The van der Waals surface area contributed by atoms with Crippen LogP contribution >= 0.6 is 0 Å². The van der Waals surface area contributed by atoms with Gasteiger partial charge in [0, 0.05) is 19.4 Å². The topological polar surface area (TPSA) is 56.1 Å². The van der Waals surface area contributed by atoms with Crippen LogP contribution in [0.15, 0.2) is 36.7 Å². The minimum Gasteiger partial charge on any atom is -0.484 e. The van der Waals surface area contributed by atoms with Gasteiger partial charge in [0.2, 0.25) is 5.95 Å². The zero-order valence-electron chi connectivity index (χ0n) is 11.1. The van der Waals surface area contributed by atoms with E-state index in [-0.39, 0.29) is 12.5 Å². The first-order chi connectivity index (χ1) is 9.19. The Bertz CT molecular complexity index is 546. The lowest BCUT2D eigenvalue weighted by molar-refractivity contribution is -0.118. The summed E-state index contributed by atoms with van der Waals surface area (Å²) in [6, 6.07) is 7.72. The van der Waals surface area contributed by atoms with Crippen molar-refractivity contribution in [2.75, 3.05) is 11.9 Å². The summed E-state index contributed by atoms with van der Waals surface area (Å²) < 4.78 is 7.14. The van der Waals surface area contributed by atoms with E-state index >= 15 is 0 Å². The monoisotopic (exact) mass is 259 g/mol. The third-order valence-corrected chi connectivity index (χ3v) is 2.77. The van der Waals surface area contributed by atoms with Gasteiger partial charge in [-0.3, -0.25) is 10.1 Å². The van der Waals surface area contributed by atoms with Crippen LogP contribution in [0.25, 0.3) is 0 Å². The number of carbonyl (C=O) groups excluding carboxylic acids is 1. The van der Waals surface area contributed by atoms with Gasteiger partial charge in [0.15, 0.2) is 6.61 Å². The SMILES string of the molecule is CCc1ccc(OCC(=O)Nc2nccn2C)cc1. The summed E-state index contributed by atoms with van der Waals surface area (Å²) in [7, 11) is 1.81. The molecule has 0 atom stereocenters. The van der Waals surface area contributed by atoms with Crippen LogP contribution in [0.5, 0.6) is 5.75 Å². The number of nitrogens with zero attached hydrogens (tertiary/aromatic N) is 2. The third kappa shape index (κ3) is 3.58. The van der Waals surface area contributed by atoms with Crippen molar-refractivity contribution in [3.8, 4) is 5.75 Å². The van der Waals surface area contributed by atoms with Gasteiger partial charge in [0.1, 0.15) is 5.75 Å². The predicted molar refractivity (Wildman–Crippen MR) is 73.2 cm³/mol. The first kappa shape index (κ1) is 13.1. The van der Waals surface area contributed by atoms with E-state index in [0.717, 1.165) is 6.42 Å². The Kier molecular flexibility index (Phi) is 4.18. The lowest BCUT2D eigenvalue weighted by Gasteiger charge is -2.07. The van der Waals surface area contributed by atoms with Crippen molar-refractivity contribution in [3.63, 3.8) is 0 Å². The van der Waals surface area contributed by atoms with Crippen LogP contribution in [0.4, 0.5) is 5.95 Å². The molecule has 2 aromatic rings. The molecule has 0 unspecified atom stereocenters. The molecule has 0 aliphatic heterocycles. The molecule has 0 aliphatic carbocycles. The molecule has 0 spiro atoms. The molecule has 0 saturated carbocycles. The largest absolute Gasteiger partial charge is 0.484 e. The molecule has 1 amide bonds. The highest BCUT2D eigenvalue weighted by molar-refractivity contribution is 5.90. The molecule has 100 valence electrons. The summed E-state index contributed by atoms with van der Waals surface area (Å²) >= 11 is 0. The van der Waals surface area contributed by atoms with E-state index in [9.17, 15) is 4.79 Å². The van der Waals surface area contributed by atoms with Gasteiger partial charge in [-0.25, -0.2) is 4.98 Å². The standard InChI is InChI=1S/C14H17N3O2/c1-3-11-4-6-12(7-5-11)19-10-13(18)16-14-15-8-9-17(14)2/h4-9H,3,10H2,1-2H3,(H,15,16,18). The number of anilines is 1. The zero-order chi connectivity index (χ0) is 13.7. The molecule has 0 aliphatic rings. The summed E-state index contributed by atoms with van der Waals surface area (Å²) in [5.74, 6) is 0.969. The van der Waals surface area contributed by atoms with Crippen molar-refractivity contribution in [2.24, 2.45) is 7.05 Å². The molecule has 5 nitrogen and oxygen atoms in total. The minimum absolute atomic E-state index is 0.0294. The Morgan fingerprint density at radius 2 is 2.11 bits per heavy atom. The number of hydrogen-bond acceptors (Lipinski definition) is 3. The quantitative estimate of drug-likeness (QED) is 0.893. The van der Waals surface area contributed by atoms with Gasteiger partial charge in [-0.1, -0.05) is 19.1 Å². The summed E-state index contributed by atoms with van der Waals surface area (Å²) in [5, 5.41) is 2.67. The minimum atomic E-state index is -0.228. The van der Waals surface area contributed by atoms with Crippen molar-refractivity contribution in [3.05, 3.63) is 42.2 Å². The number of carbonyl (C=O) groups is 1. The number of aromatic nitrogens is 2. The van der Waals surface area contributed by atoms with Gasteiger partial charge in [-0.15, -0.1) is 0 Å². The van der Waals surface area contributed by atoms with E-state index in [4.69, 9.17) is 4.74 Å². The van der Waals surface area contributed by atoms with Gasteiger partial charge >= 0.3 is 0 Å². The smallest absolute Gasteiger partial charge is 0.264 e. The van der Waals surface area contributed by atoms with E-state index in [2.05, 4.69) is 17.2 Å². The highest BCUT2D eigenvalue weighted by Crippen LogP contribution is 2.12. The van der Waals surface area contributed by atoms with Crippen LogP contribution in [-0.2, 0) is 18.3 Å². The van der Waals surface area contributed by atoms with E-state index in [1.165, 1.54) is 5.56 Å². The predicted octanol–water partition coefficient (Wildman–Crippen LogP) is 2.00. The number of hydrogen-bond donors (Lipinski definition) is 1. The Morgan fingerprint density at radius 3 is 2.68 bits per heavy atom. The molecular weight excluding hydrogens is 242 g/mol. The van der Waals surface area contributed by atoms with Crippen LogP contribution in [0.1, 0.15) is 12.5 Å².